The quantitative estimate of drug-likeness (QED) is 0.0874. The van der Waals surface area contributed by atoms with Gasteiger partial charge >= 0.3 is 0 Å². The molecule has 0 radical (unpaired) electrons. The summed E-state index contributed by atoms with van der Waals surface area (Å²) in [6, 6.07) is 27.9. The van der Waals surface area contributed by atoms with Gasteiger partial charge in [0.25, 0.3) is 5.91 Å². The molecule has 0 aliphatic rings. The number of pyridine rings is 2. The highest BCUT2D eigenvalue weighted by atomic mass is 79.9. The van der Waals surface area contributed by atoms with Gasteiger partial charge in [-0.25, -0.2) is 19.9 Å². The predicted molar refractivity (Wildman–Crippen MR) is 247 cm³/mol. The summed E-state index contributed by atoms with van der Waals surface area (Å²) in [6.07, 6.45) is 8.46. The van der Waals surface area contributed by atoms with Gasteiger partial charge in [0.15, 0.2) is 11.6 Å². The number of amides is 1. The number of fused-ring (bicyclic) bond motifs is 2. The Bertz CT molecular complexity index is 2580. The maximum absolute atomic E-state index is 12.7. The maximum atomic E-state index is 12.7. The van der Waals surface area contributed by atoms with Gasteiger partial charge in [-0.15, -0.1) is 22.7 Å². The molecule has 0 saturated carbocycles. The van der Waals surface area contributed by atoms with Crippen LogP contribution in [-0.4, -0.2) is 80.0 Å². The van der Waals surface area contributed by atoms with Crippen LogP contribution >= 0.6 is 38.6 Å². The van der Waals surface area contributed by atoms with Gasteiger partial charge in [0.2, 0.25) is 0 Å². The maximum Gasteiger partial charge on any atom is 0.256 e. The summed E-state index contributed by atoms with van der Waals surface area (Å²) in [6.45, 7) is 1.18. The molecule has 0 saturated heterocycles. The Morgan fingerprint density at radius 2 is 1.10 bits per heavy atom. The summed E-state index contributed by atoms with van der Waals surface area (Å²) in [5.41, 5.74) is 19.0. The largest absolute Gasteiger partial charge is 0.367 e. The Hall–Kier alpha value is -5.71. The first-order valence-electron chi connectivity index (χ1n) is 18.6. The lowest BCUT2D eigenvalue weighted by atomic mass is 10.1. The lowest BCUT2D eigenvalue weighted by Gasteiger charge is -2.15. The Morgan fingerprint density at radius 3 is 1.58 bits per heavy atom. The number of halogens is 1. The molecule has 1 amide bonds. The van der Waals surface area contributed by atoms with Crippen molar-refractivity contribution < 1.29 is 4.79 Å². The van der Waals surface area contributed by atoms with E-state index in [2.05, 4.69) is 60.8 Å². The molecule has 8 rings (SSSR count). The molecular weight excluding hydrogens is 843 g/mol. The minimum atomic E-state index is -0.0858. The fraction of sp³-hybridized carbons (Fsp3) is 0.205. The number of nitrogens with two attached hydrogens (primary N) is 2. The Labute approximate surface area is 360 Å². The van der Waals surface area contributed by atoms with Crippen LogP contribution in [-0.2, 0) is 12.8 Å². The van der Waals surface area contributed by atoms with E-state index >= 15 is 0 Å². The van der Waals surface area contributed by atoms with Crippen molar-refractivity contribution in [2.24, 2.45) is 11.5 Å². The first kappa shape index (κ1) is 42.9. The van der Waals surface area contributed by atoms with Crippen LogP contribution in [0.5, 0.6) is 0 Å². The Morgan fingerprint density at radius 1 is 0.661 bits per heavy atom. The minimum Gasteiger partial charge on any atom is -0.367 e. The molecule has 0 aliphatic carbocycles. The highest BCUT2D eigenvalue weighted by Gasteiger charge is 2.21. The van der Waals surface area contributed by atoms with Crippen molar-refractivity contribution in [2.75, 3.05) is 37.8 Å². The van der Waals surface area contributed by atoms with E-state index in [1.807, 2.05) is 71.4 Å². The molecule has 0 spiro atoms. The fourth-order valence-electron chi connectivity index (χ4n) is 6.13. The molecule has 2 aromatic carbocycles. The number of hydrogen-bond donors (Lipinski definition) is 4. The van der Waals surface area contributed by atoms with E-state index in [-0.39, 0.29) is 25.4 Å². The van der Waals surface area contributed by atoms with E-state index in [9.17, 15) is 4.79 Å². The lowest BCUT2D eigenvalue weighted by Crippen LogP contribution is -2.31. The number of carbonyl (C=O) groups excluding carboxylic acids is 1. The molecule has 302 valence electrons. The molecule has 6 N–H and O–H groups in total. The van der Waals surface area contributed by atoms with Crippen LogP contribution < -0.4 is 22.1 Å². The molecule has 8 aromatic rings. The molecule has 6 aromatic heterocycles. The molecule has 0 bridgehead atoms. The van der Waals surface area contributed by atoms with Gasteiger partial charge in [0, 0.05) is 85.9 Å². The molecule has 59 heavy (non-hydrogen) atoms. The van der Waals surface area contributed by atoms with E-state index in [0.29, 0.717) is 41.6 Å². The second-order valence-corrected chi connectivity index (χ2v) is 16.3. The van der Waals surface area contributed by atoms with Crippen LogP contribution in [0.1, 0.15) is 28.9 Å². The molecule has 0 fully saturated rings. The van der Waals surface area contributed by atoms with Crippen LogP contribution in [0.3, 0.4) is 0 Å². The number of benzene rings is 2. The second kappa shape index (κ2) is 20.3. The Balaban J connectivity index is 0.000000197. The van der Waals surface area contributed by atoms with Crippen LogP contribution in [0.4, 0.5) is 11.6 Å². The summed E-state index contributed by atoms with van der Waals surface area (Å²) in [4.78, 5) is 41.3. The average Bonchev–Trinajstić information content (AvgIpc) is 3.86. The van der Waals surface area contributed by atoms with E-state index in [1.54, 1.807) is 55.1 Å². The van der Waals surface area contributed by atoms with Crippen molar-refractivity contribution in [3.8, 4) is 22.8 Å². The summed E-state index contributed by atoms with van der Waals surface area (Å²) in [7, 11) is 3.47. The zero-order valence-electron chi connectivity index (χ0n) is 31.9. The molecule has 0 aliphatic heterocycles. The summed E-state index contributed by atoms with van der Waals surface area (Å²) >= 11 is 6.66. The monoisotopic (exact) mass is 887 g/mol. The van der Waals surface area contributed by atoms with Crippen LogP contribution in [0.15, 0.2) is 125 Å². The van der Waals surface area contributed by atoms with E-state index < -0.39 is 0 Å². The minimum absolute atomic E-state index is 0. The number of aromatic nitrogens is 6. The molecule has 6 heterocycles. The zero-order valence-corrected chi connectivity index (χ0v) is 35.1. The number of nitrogens with one attached hydrogen (secondary N) is 2. The standard InChI is InChI=1S/C23H24N6OS.C20H18BrN5S.CH4/c1-29(2)23(30)18-14-31-20-19(18)27-21(16-8-10-25-11-9-16)28-22(20)26-13-17(24)12-15-6-4-3-5-7-15;21-16-12-27-18-17(16)25-19(14-6-8-23-9-7-14)26-20(18)24-11-15(22)10-13-4-2-1-3-5-13;/h3-11,14,17H,12-13,24H2,1-2H3,(H,26,27,28);1-9,12,15H,10-11,22H2,(H,24,25,26);1H4/t17-;15-;/m00./s1. The van der Waals surface area contributed by atoms with Gasteiger partial charge in [0.1, 0.15) is 22.7 Å². The average molecular weight is 889 g/mol. The number of thiophene rings is 2. The van der Waals surface area contributed by atoms with Crippen molar-refractivity contribution >= 4 is 76.6 Å². The van der Waals surface area contributed by atoms with Crippen molar-refractivity contribution in [3.05, 3.63) is 142 Å². The zero-order chi connectivity index (χ0) is 40.4. The number of rotatable bonds is 13. The molecule has 15 heteroatoms. The van der Waals surface area contributed by atoms with Crippen molar-refractivity contribution in [3.63, 3.8) is 0 Å². The first-order valence-corrected chi connectivity index (χ1v) is 21.1. The van der Waals surface area contributed by atoms with Crippen LogP contribution in [0.25, 0.3) is 43.2 Å². The molecular formula is C44H46BrN11OS2. The van der Waals surface area contributed by atoms with Gasteiger partial charge in [-0.1, -0.05) is 68.1 Å². The number of nitrogens with zero attached hydrogens (tertiary/aromatic N) is 7. The van der Waals surface area contributed by atoms with Gasteiger partial charge in [-0.2, -0.15) is 0 Å². The topological polar surface area (TPSA) is 174 Å². The second-order valence-electron chi connectivity index (χ2n) is 13.7. The van der Waals surface area contributed by atoms with Crippen molar-refractivity contribution in [2.45, 2.75) is 32.4 Å². The van der Waals surface area contributed by atoms with Gasteiger partial charge in [-0.3, -0.25) is 14.8 Å². The fourth-order valence-corrected chi connectivity index (χ4v) is 8.61. The lowest BCUT2D eigenvalue weighted by molar-refractivity contribution is 0.0829. The van der Waals surface area contributed by atoms with E-state index in [1.165, 1.54) is 22.5 Å². The molecule has 0 unspecified atom stereocenters. The van der Waals surface area contributed by atoms with E-state index in [4.69, 9.17) is 31.4 Å². The summed E-state index contributed by atoms with van der Waals surface area (Å²) in [5.74, 6) is 2.62. The third-order valence-corrected chi connectivity index (χ3v) is 11.9. The van der Waals surface area contributed by atoms with Gasteiger partial charge in [0.05, 0.1) is 19.4 Å². The van der Waals surface area contributed by atoms with Gasteiger partial charge in [-0.05, 0) is 64.2 Å². The number of carbonyl (C=O) groups is 1. The highest BCUT2D eigenvalue weighted by Crippen LogP contribution is 2.35. The highest BCUT2D eigenvalue weighted by molar-refractivity contribution is 9.10. The van der Waals surface area contributed by atoms with E-state index in [0.717, 1.165) is 49.2 Å². The SMILES string of the molecule is C.CN(C)C(=O)c1csc2c(NC[C@@H](N)Cc3ccccc3)nc(-c3ccncc3)nc12.N[C@H](CNc1nc(-c2ccncc2)nc2c(Br)csc12)Cc1ccccc1. The third kappa shape index (κ3) is 10.9. The van der Waals surface area contributed by atoms with Crippen LogP contribution in [0, 0.1) is 0 Å². The molecule has 12 nitrogen and oxygen atoms in total. The smallest absolute Gasteiger partial charge is 0.256 e. The van der Waals surface area contributed by atoms with Crippen molar-refractivity contribution in [1.82, 2.24) is 34.8 Å². The van der Waals surface area contributed by atoms with Gasteiger partial charge < -0.3 is 27.0 Å². The number of anilines is 2. The Kier molecular flexibility index (Phi) is 14.8. The predicted octanol–water partition coefficient (Wildman–Crippen LogP) is 8.57. The first-order chi connectivity index (χ1) is 28.2. The van der Waals surface area contributed by atoms with Crippen LogP contribution in [0.2, 0.25) is 0 Å². The third-order valence-electron chi connectivity index (χ3n) is 9.05. The van der Waals surface area contributed by atoms with Crippen molar-refractivity contribution in [1.29, 1.82) is 0 Å². The summed E-state index contributed by atoms with van der Waals surface area (Å²) in [5, 5.41) is 10.7. The molecule has 2 atom stereocenters. The number of hydrogen-bond acceptors (Lipinski definition) is 13. The normalized spacial score (nSPS) is 11.9. The summed E-state index contributed by atoms with van der Waals surface area (Å²) < 4.78 is 2.83.